The van der Waals surface area contributed by atoms with Crippen LogP contribution < -0.4 is 21.2 Å². The van der Waals surface area contributed by atoms with E-state index in [4.69, 9.17) is 0 Å². The molecule has 1 aliphatic rings. The van der Waals surface area contributed by atoms with Gasteiger partial charge in [-0.05, 0) is 0 Å². The summed E-state index contributed by atoms with van der Waals surface area (Å²) in [5.74, 6) is 0. The summed E-state index contributed by atoms with van der Waals surface area (Å²) in [6, 6.07) is 0. The Kier molecular flexibility index (Phi) is 1.34. The number of alkyl halides is 2. The van der Waals surface area contributed by atoms with Crippen molar-refractivity contribution in [3.63, 3.8) is 0 Å². The van der Waals surface area contributed by atoms with Crippen LogP contribution in [-0.4, -0.2) is 27.5 Å². The monoisotopic (exact) mass is 198 g/mol. The zero-order valence-electron chi connectivity index (χ0n) is 4.11. The van der Waals surface area contributed by atoms with Crippen LogP contribution in [0.2, 0.25) is 0 Å². The topological polar surface area (TPSA) is 3.24 Å². The van der Waals surface area contributed by atoms with Gasteiger partial charge >= 0.3 is 48.7 Å². The van der Waals surface area contributed by atoms with Gasteiger partial charge in [-0.2, -0.15) is 0 Å². The van der Waals surface area contributed by atoms with Gasteiger partial charge in [0.15, 0.2) is 0 Å². The van der Waals surface area contributed by atoms with Crippen molar-refractivity contribution in [1.29, 1.82) is 0 Å². The number of halogens is 1. The predicted octanol–water partition coefficient (Wildman–Crippen LogP) is -3.02. The average molecular weight is 198 g/mol. The van der Waals surface area contributed by atoms with Crippen molar-refractivity contribution in [3.05, 3.63) is 0 Å². The van der Waals surface area contributed by atoms with Crippen LogP contribution in [0.15, 0.2) is 0 Å². The third kappa shape index (κ3) is 1.08. The molecule has 0 spiro atoms. The molecule has 1 unspecified atom stereocenters. The zero-order chi connectivity index (χ0) is 4.57. The minimum absolute atomic E-state index is 0.660. The number of rotatable bonds is 1. The van der Waals surface area contributed by atoms with E-state index in [9.17, 15) is 0 Å². The Morgan fingerprint density at radius 1 is 1.67 bits per heavy atom. The molecule has 0 aromatic heterocycles. The van der Waals surface area contributed by atoms with Gasteiger partial charge in [-0.1, -0.05) is 0 Å². The Morgan fingerprint density at radius 2 is 2.17 bits per heavy atom. The molecule has 0 aromatic rings. The molecule has 1 heterocycles. The minimum atomic E-state index is 0.660. The first kappa shape index (κ1) is 4.84. The molecule has 0 N–H and O–H groups in total. The molecule has 38 valence electrons. The SMILES string of the molecule is CN(C)C1C[I-]1. The van der Waals surface area contributed by atoms with E-state index in [0.717, 1.165) is 4.05 Å². The van der Waals surface area contributed by atoms with Crippen LogP contribution in [0.1, 0.15) is 0 Å². The van der Waals surface area contributed by atoms with Crippen LogP contribution in [0.4, 0.5) is 0 Å². The van der Waals surface area contributed by atoms with Gasteiger partial charge in [0.25, 0.3) is 0 Å². The van der Waals surface area contributed by atoms with Crippen LogP contribution in [0.3, 0.4) is 0 Å². The van der Waals surface area contributed by atoms with Crippen LogP contribution in [0.5, 0.6) is 0 Å². The van der Waals surface area contributed by atoms with Gasteiger partial charge in [-0.15, -0.1) is 0 Å². The van der Waals surface area contributed by atoms with E-state index >= 15 is 0 Å². The van der Waals surface area contributed by atoms with Crippen molar-refractivity contribution >= 4 is 0 Å². The van der Waals surface area contributed by atoms with Gasteiger partial charge in [0, 0.05) is 0 Å². The number of nitrogens with zero attached hydrogens (tertiary/aromatic N) is 1. The van der Waals surface area contributed by atoms with Crippen molar-refractivity contribution in [2.24, 2.45) is 0 Å². The summed E-state index contributed by atoms with van der Waals surface area (Å²) < 4.78 is 2.58. The molecular formula is C4H9IN-. The molecule has 1 saturated heterocycles. The predicted molar refractivity (Wildman–Crippen MR) is 22.3 cm³/mol. The Balaban J connectivity index is 2.13. The van der Waals surface area contributed by atoms with Crippen molar-refractivity contribution in [2.45, 2.75) is 4.05 Å². The first-order valence-electron chi connectivity index (χ1n) is 2.05. The fraction of sp³-hybridized carbons (Fsp3) is 1.00. The normalized spacial score (nSPS) is 32.8. The fourth-order valence-electron chi connectivity index (χ4n) is 0.316. The van der Waals surface area contributed by atoms with Crippen molar-refractivity contribution in [3.8, 4) is 0 Å². The van der Waals surface area contributed by atoms with Crippen LogP contribution in [0, 0.1) is 0 Å². The summed E-state index contributed by atoms with van der Waals surface area (Å²) in [5, 5.41) is 0. The van der Waals surface area contributed by atoms with Crippen molar-refractivity contribution in [2.75, 3.05) is 18.5 Å². The summed E-state index contributed by atoms with van der Waals surface area (Å²) in [7, 11) is 4.33. The van der Waals surface area contributed by atoms with E-state index in [1.54, 1.807) is 0 Å². The van der Waals surface area contributed by atoms with E-state index < -0.39 is 0 Å². The molecule has 1 aliphatic heterocycles. The molecule has 0 bridgehead atoms. The maximum absolute atomic E-state index is 2.33. The second kappa shape index (κ2) is 1.66. The molecule has 0 amide bonds. The molecule has 1 rings (SSSR count). The summed E-state index contributed by atoms with van der Waals surface area (Å²) in [4.78, 5) is 2.33. The Labute approximate surface area is 49.0 Å². The Morgan fingerprint density at radius 3 is 2.17 bits per heavy atom. The van der Waals surface area contributed by atoms with Gasteiger partial charge < -0.3 is 0 Å². The Bertz CT molecular complexity index is 49.5. The quantitative estimate of drug-likeness (QED) is 0.246. The third-order valence-corrected chi connectivity index (χ3v) is 3.64. The molecule has 1 nitrogen and oxygen atoms in total. The van der Waals surface area contributed by atoms with E-state index in [0.29, 0.717) is 21.2 Å². The Hall–Kier alpha value is 0.690. The van der Waals surface area contributed by atoms with Gasteiger partial charge in [0.05, 0.1) is 0 Å². The summed E-state index contributed by atoms with van der Waals surface area (Å²) in [6.07, 6.45) is 0. The molecule has 0 aromatic carbocycles. The number of hydrogen-bond acceptors (Lipinski definition) is 1. The standard InChI is InChI=1S/C4H9IN/c1-6(2)4-3-5-4/h4H,3H2,1-2H3/q-1. The average Bonchev–Trinajstić information content (AvgIpc) is 2.06. The third-order valence-electron chi connectivity index (χ3n) is 0.853. The summed E-state index contributed by atoms with van der Waals surface area (Å²) in [5.41, 5.74) is 0. The van der Waals surface area contributed by atoms with Crippen LogP contribution in [0.25, 0.3) is 0 Å². The van der Waals surface area contributed by atoms with Gasteiger partial charge in [0.2, 0.25) is 0 Å². The molecule has 0 saturated carbocycles. The molecule has 0 radical (unpaired) electrons. The second-order valence-corrected chi connectivity index (χ2v) is 4.91. The molecular weight excluding hydrogens is 189 g/mol. The van der Waals surface area contributed by atoms with E-state index in [2.05, 4.69) is 19.0 Å². The first-order chi connectivity index (χ1) is 2.80. The first-order valence-corrected chi connectivity index (χ1v) is 4.82. The second-order valence-electron chi connectivity index (χ2n) is 1.71. The fourth-order valence-corrected chi connectivity index (χ4v) is 2.12. The summed E-state index contributed by atoms with van der Waals surface area (Å²) in [6.45, 7) is 0. The maximum atomic E-state index is 2.33. The molecule has 2 heteroatoms. The van der Waals surface area contributed by atoms with Gasteiger partial charge in [-0.25, -0.2) is 0 Å². The van der Waals surface area contributed by atoms with Gasteiger partial charge in [0.1, 0.15) is 0 Å². The van der Waals surface area contributed by atoms with E-state index in [1.165, 1.54) is 4.43 Å². The zero-order valence-corrected chi connectivity index (χ0v) is 6.27. The van der Waals surface area contributed by atoms with Crippen molar-refractivity contribution < 1.29 is 21.2 Å². The number of hydrogen-bond donors (Lipinski definition) is 0. The molecule has 1 fully saturated rings. The van der Waals surface area contributed by atoms with Crippen molar-refractivity contribution in [1.82, 2.24) is 4.90 Å². The van der Waals surface area contributed by atoms with Crippen LogP contribution >= 0.6 is 0 Å². The molecule has 6 heavy (non-hydrogen) atoms. The summed E-state index contributed by atoms with van der Waals surface area (Å²) >= 11 is 0.660. The van der Waals surface area contributed by atoms with E-state index in [1.807, 2.05) is 0 Å². The van der Waals surface area contributed by atoms with Gasteiger partial charge in [-0.3, -0.25) is 0 Å². The van der Waals surface area contributed by atoms with Crippen LogP contribution in [-0.2, 0) is 0 Å². The molecule has 1 atom stereocenters. The molecule has 0 aliphatic carbocycles. The van der Waals surface area contributed by atoms with E-state index in [-0.39, 0.29) is 0 Å².